The molecule has 0 aliphatic heterocycles. The molecule has 1 rings (SSSR count). The predicted molar refractivity (Wildman–Crippen MR) is 65.6 cm³/mol. The molecule has 0 fully saturated rings. The third kappa shape index (κ3) is 3.83. The summed E-state index contributed by atoms with van der Waals surface area (Å²) in [4.78, 5) is 11.8. The maximum atomic E-state index is 11.8. The van der Waals surface area contributed by atoms with Crippen LogP contribution in [0.2, 0.25) is 0 Å². The van der Waals surface area contributed by atoms with Gasteiger partial charge in [0.25, 0.3) is 0 Å². The number of rotatable bonds is 6. The molecule has 0 saturated heterocycles. The summed E-state index contributed by atoms with van der Waals surface area (Å²) in [6, 6.07) is 0. The van der Waals surface area contributed by atoms with Gasteiger partial charge in [0.1, 0.15) is 0 Å². The highest BCUT2D eigenvalue weighted by Gasteiger charge is 2.25. The molecule has 6 nitrogen and oxygen atoms in total. The zero-order valence-electron chi connectivity index (χ0n) is 10.6. The lowest BCUT2D eigenvalue weighted by molar-refractivity contribution is -0.123. The summed E-state index contributed by atoms with van der Waals surface area (Å²) >= 11 is 0. The van der Waals surface area contributed by atoms with Crippen LogP contribution in [0, 0.1) is 5.41 Å². The van der Waals surface area contributed by atoms with Crippen molar-refractivity contribution in [3.8, 4) is 0 Å². The van der Waals surface area contributed by atoms with Crippen molar-refractivity contribution >= 4 is 11.6 Å². The zero-order chi connectivity index (χ0) is 12.9. The molecule has 0 aliphatic rings. The first-order chi connectivity index (χ1) is 7.99. The Bertz CT molecular complexity index is 373. The Morgan fingerprint density at radius 1 is 1.65 bits per heavy atom. The Labute approximate surface area is 101 Å². The highest BCUT2D eigenvalue weighted by atomic mass is 16.5. The van der Waals surface area contributed by atoms with Gasteiger partial charge < -0.3 is 15.8 Å². The van der Waals surface area contributed by atoms with Crippen LogP contribution in [0.3, 0.4) is 0 Å². The van der Waals surface area contributed by atoms with E-state index in [1.54, 1.807) is 38.0 Å². The fourth-order valence-electron chi connectivity index (χ4n) is 1.13. The van der Waals surface area contributed by atoms with Crippen LogP contribution in [0.15, 0.2) is 12.4 Å². The molecule has 1 heterocycles. The quantitative estimate of drug-likeness (QED) is 0.756. The summed E-state index contributed by atoms with van der Waals surface area (Å²) < 4.78 is 6.66. The highest BCUT2D eigenvalue weighted by Crippen LogP contribution is 2.16. The lowest BCUT2D eigenvalue weighted by atomic mass is 9.93. The van der Waals surface area contributed by atoms with Crippen molar-refractivity contribution in [1.29, 1.82) is 0 Å². The molecule has 0 aliphatic carbocycles. The van der Waals surface area contributed by atoms with E-state index < -0.39 is 5.41 Å². The minimum Gasteiger partial charge on any atom is -0.383 e. The van der Waals surface area contributed by atoms with Crippen LogP contribution >= 0.6 is 0 Å². The SMILES string of the molecule is COCCn1cc(NC(=O)C(C)(C)CN)cn1. The molecule has 0 spiro atoms. The van der Waals surface area contributed by atoms with Crippen LogP contribution < -0.4 is 11.1 Å². The normalized spacial score (nSPS) is 11.5. The Morgan fingerprint density at radius 3 is 2.94 bits per heavy atom. The Morgan fingerprint density at radius 2 is 2.35 bits per heavy atom. The lowest BCUT2D eigenvalue weighted by Crippen LogP contribution is -2.37. The highest BCUT2D eigenvalue weighted by molar-refractivity contribution is 5.94. The molecule has 0 bridgehead atoms. The number of carbonyl (C=O) groups excluding carboxylic acids is 1. The van der Waals surface area contributed by atoms with Crippen molar-refractivity contribution in [3.05, 3.63) is 12.4 Å². The fraction of sp³-hybridized carbons (Fsp3) is 0.636. The van der Waals surface area contributed by atoms with Crippen molar-refractivity contribution in [2.45, 2.75) is 20.4 Å². The van der Waals surface area contributed by atoms with Crippen LogP contribution in [-0.4, -0.2) is 35.9 Å². The number of amides is 1. The number of nitrogens with two attached hydrogens (primary N) is 1. The number of anilines is 1. The third-order valence-corrected chi connectivity index (χ3v) is 2.54. The second-order valence-corrected chi connectivity index (χ2v) is 4.53. The first-order valence-corrected chi connectivity index (χ1v) is 5.52. The largest absolute Gasteiger partial charge is 0.383 e. The van der Waals surface area contributed by atoms with E-state index in [-0.39, 0.29) is 5.91 Å². The van der Waals surface area contributed by atoms with E-state index in [2.05, 4.69) is 10.4 Å². The lowest BCUT2D eigenvalue weighted by Gasteiger charge is -2.20. The molecule has 1 aromatic heterocycles. The van der Waals surface area contributed by atoms with E-state index in [4.69, 9.17) is 10.5 Å². The molecule has 0 unspecified atom stereocenters. The Hall–Kier alpha value is -1.40. The van der Waals surface area contributed by atoms with Gasteiger partial charge in [-0.3, -0.25) is 9.48 Å². The maximum absolute atomic E-state index is 11.8. The van der Waals surface area contributed by atoms with Crippen molar-refractivity contribution < 1.29 is 9.53 Å². The maximum Gasteiger partial charge on any atom is 0.231 e. The van der Waals surface area contributed by atoms with E-state index >= 15 is 0 Å². The van der Waals surface area contributed by atoms with Crippen LogP contribution in [0.1, 0.15) is 13.8 Å². The molecule has 0 radical (unpaired) electrons. The third-order valence-electron chi connectivity index (χ3n) is 2.54. The fourth-order valence-corrected chi connectivity index (χ4v) is 1.13. The van der Waals surface area contributed by atoms with Crippen molar-refractivity contribution in [2.24, 2.45) is 11.1 Å². The number of nitrogens with zero attached hydrogens (tertiary/aromatic N) is 2. The topological polar surface area (TPSA) is 82.2 Å². The van der Waals surface area contributed by atoms with Crippen molar-refractivity contribution in [1.82, 2.24) is 9.78 Å². The van der Waals surface area contributed by atoms with Crippen molar-refractivity contribution in [3.63, 3.8) is 0 Å². The van der Waals surface area contributed by atoms with Gasteiger partial charge in [-0.1, -0.05) is 0 Å². The van der Waals surface area contributed by atoms with Gasteiger partial charge >= 0.3 is 0 Å². The number of hydrogen-bond donors (Lipinski definition) is 2. The molecule has 3 N–H and O–H groups in total. The second-order valence-electron chi connectivity index (χ2n) is 4.53. The molecule has 1 aromatic rings. The van der Waals surface area contributed by atoms with E-state index in [1.165, 1.54) is 0 Å². The van der Waals surface area contributed by atoms with Crippen LogP contribution in [0.4, 0.5) is 5.69 Å². The first-order valence-electron chi connectivity index (χ1n) is 5.52. The van der Waals surface area contributed by atoms with Gasteiger partial charge in [0, 0.05) is 19.9 Å². The van der Waals surface area contributed by atoms with Gasteiger partial charge in [-0.05, 0) is 13.8 Å². The average molecular weight is 240 g/mol. The van der Waals surface area contributed by atoms with E-state index in [0.29, 0.717) is 25.4 Å². The smallest absolute Gasteiger partial charge is 0.231 e. The van der Waals surface area contributed by atoms with Gasteiger partial charge in [-0.25, -0.2) is 0 Å². The molecule has 96 valence electrons. The summed E-state index contributed by atoms with van der Waals surface area (Å²) in [5, 5.41) is 6.89. The number of carbonyl (C=O) groups is 1. The number of methoxy groups -OCH3 is 1. The van der Waals surface area contributed by atoms with Gasteiger partial charge in [-0.15, -0.1) is 0 Å². The first kappa shape index (κ1) is 13.7. The van der Waals surface area contributed by atoms with E-state index in [0.717, 1.165) is 0 Å². The molecule has 0 aromatic carbocycles. The van der Waals surface area contributed by atoms with E-state index in [1.807, 2.05) is 0 Å². The molecular weight excluding hydrogens is 220 g/mol. The van der Waals surface area contributed by atoms with Crippen LogP contribution in [0.5, 0.6) is 0 Å². The number of nitrogens with one attached hydrogen (secondary N) is 1. The molecule has 0 saturated carbocycles. The summed E-state index contributed by atoms with van der Waals surface area (Å²) in [6.07, 6.45) is 3.38. The minimum atomic E-state index is -0.575. The minimum absolute atomic E-state index is 0.105. The number of ether oxygens (including phenoxy) is 1. The predicted octanol–water partition coefficient (Wildman–Crippen LogP) is 0.453. The zero-order valence-corrected chi connectivity index (χ0v) is 10.6. The number of aromatic nitrogens is 2. The van der Waals surface area contributed by atoms with Crippen LogP contribution in [0.25, 0.3) is 0 Å². The van der Waals surface area contributed by atoms with Crippen molar-refractivity contribution in [2.75, 3.05) is 25.6 Å². The molecule has 1 amide bonds. The standard InChI is InChI=1S/C11H20N4O2/c1-11(2,8-12)10(16)14-9-6-13-15(7-9)4-5-17-3/h6-7H,4-5,8,12H2,1-3H3,(H,14,16). The second kappa shape index (κ2) is 5.79. The molecule has 0 atom stereocenters. The Kier molecular flexibility index (Phi) is 4.65. The monoisotopic (exact) mass is 240 g/mol. The average Bonchev–Trinajstić information content (AvgIpc) is 2.74. The molecular formula is C11H20N4O2. The molecule has 17 heavy (non-hydrogen) atoms. The Balaban J connectivity index is 2.57. The van der Waals surface area contributed by atoms with Gasteiger partial charge in [0.2, 0.25) is 5.91 Å². The summed E-state index contributed by atoms with van der Waals surface area (Å²) in [7, 11) is 1.63. The van der Waals surface area contributed by atoms with Gasteiger partial charge in [0.15, 0.2) is 0 Å². The summed E-state index contributed by atoms with van der Waals surface area (Å²) in [5.74, 6) is -0.105. The number of hydrogen-bond acceptors (Lipinski definition) is 4. The van der Waals surface area contributed by atoms with E-state index in [9.17, 15) is 4.79 Å². The summed E-state index contributed by atoms with van der Waals surface area (Å²) in [5.41, 5.74) is 5.63. The van der Waals surface area contributed by atoms with Crippen LogP contribution in [-0.2, 0) is 16.1 Å². The summed E-state index contributed by atoms with van der Waals surface area (Å²) in [6.45, 7) is 5.15. The van der Waals surface area contributed by atoms with Gasteiger partial charge in [0.05, 0.1) is 30.5 Å². The molecule has 6 heteroatoms. The van der Waals surface area contributed by atoms with Gasteiger partial charge in [-0.2, -0.15) is 5.10 Å².